The number of piperidine rings is 1. The number of benzene rings is 2. The molecule has 0 aliphatic carbocycles. The third-order valence-corrected chi connectivity index (χ3v) is 5.39. The van der Waals surface area contributed by atoms with E-state index in [0.29, 0.717) is 12.5 Å². The van der Waals surface area contributed by atoms with Gasteiger partial charge < -0.3 is 15.7 Å². The molecule has 6 nitrogen and oxygen atoms in total. The van der Waals surface area contributed by atoms with E-state index in [-0.39, 0.29) is 17.6 Å². The normalized spacial score (nSPS) is 16.6. The SMILES string of the molecule is Cc1ccc(-c2nc(N3CCCC(C(N)=O)C3)ncc2-c2ccc(O)cc2)cc1. The van der Waals surface area contributed by atoms with Crippen molar-refractivity contribution in [3.8, 4) is 28.1 Å². The maximum Gasteiger partial charge on any atom is 0.225 e. The van der Waals surface area contributed by atoms with Crippen LogP contribution in [0, 0.1) is 12.8 Å². The van der Waals surface area contributed by atoms with Crippen LogP contribution >= 0.6 is 0 Å². The molecule has 1 fully saturated rings. The van der Waals surface area contributed by atoms with E-state index in [1.54, 1.807) is 12.1 Å². The average Bonchev–Trinajstić information content (AvgIpc) is 2.75. The van der Waals surface area contributed by atoms with E-state index >= 15 is 0 Å². The van der Waals surface area contributed by atoms with Crippen LogP contribution in [0.1, 0.15) is 18.4 Å². The van der Waals surface area contributed by atoms with Gasteiger partial charge in [0.25, 0.3) is 0 Å². The quantitative estimate of drug-likeness (QED) is 0.713. The lowest BCUT2D eigenvalue weighted by atomic mass is 9.97. The fraction of sp³-hybridized carbons (Fsp3) is 0.261. The van der Waals surface area contributed by atoms with Crippen LogP contribution in [0.25, 0.3) is 22.4 Å². The third-order valence-electron chi connectivity index (χ3n) is 5.39. The Kier molecular flexibility index (Phi) is 5.16. The number of nitrogens with zero attached hydrogens (tertiary/aromatic N) is 3. The minimum absolute atomic E-state index is 0.174. The molecule has 4 rings (SSSR count). The molecule has 29 heavy (non-hydrogen) atoms. The number of rotatable bonds is 4. The van der Waals surface area contributed by atoms with Gasteiger partial charge in [-0.1, -0.05) is 42.0 Å². The Bertz CT molecular complexity index is 1020. The lowest BCUT2D eigenvalue weighted by Gasteiger charge is -2.31. The van der Waals surface area contributed by atoms with Crippen LogP contribution in [-0.4, -0.2) is 34.1 Å². The molecule has 6 heteroatoms. The smallest absolute Gasteiger partial charge is 0.225 e. The van der Waals surface area contributed by atoms with Crippen LogP contribution in [0.4, 0.5) is 5.95 Å². The first-order valence-electron chi connectivity index (χ1n) is 9.79. The van der Waals surface area contributed by atoms with Gasteiger partial charge in [-0.25, -0.2) is 9.97 Å². The van der Waals surface area contributed by atoms with Crippen molar-refractivity contribution in [2.45, 2.75) is 19.8 Å². The molecule has 2 heterocycles. The van der Waals surface area contributed by atoms with Gasteiger partial charge in [-0.15, -0.1) is 0 Å². The molecule has 1 unspecified atom stereocenters. The molecule has 1 aliphatic heterocycles. The number of aromatic hydroxyl groups is 1. The summed E-state index contributed by atoms with van der Waals surface area (Å²) in [6.07, 6.45) is 3.51. The highest BCUT2D eigenvalue weighted by Gasteiger charge is 2.26. The van der Waals surface area contributed by atoms with Crippen molar-refractivity contribution in [2.75, 3.05) is 18.0 Å². The summed E-state index contributed by atoms with van der Waals surface area (Å²) in [5.41, 5.74) is 10.3. The summed E-state index contributed by atoms with van der Waals surface area (Å²) in [7, 11) is 0. The maximum atomic E-state index is 11.7. The molecule has 3 aromatic rings. The summed E-state index contributed by atoms with van der Waals surface area (Å²) < 4.78 is 0. The molecule has 1 aliphatic rings. The fourth-order valence-corrected chi connectivity index (χ4v) is 3.70. The zero-order valence-electron chi connectivity index (χ0n) is 16.4. The molecular weight excluding hydrogens is 364 g/mol. The van der Waals surface area contributed by atoms with Crippen LogP contribution in [0.15, 0.2) is 54.7 Å². The Hall–Kier alpha value is -3.41. The molecule has 1 saturated heterocycles. The lowest BCUT2D eigenvalue weighted by Crippen LogP contribution is -2.41. The summed E-state index contributed by atoms with van der Waals surface area (Å²) in [6, 6.07) is 15.2. The van der Waals surface area contributed by atoms with Crippen LogP contribution in [0.5, 0.6) is 5.75 Å². The first-order chi connectivity index (χ1) is 14.0. The first-order valence-corrected chi connectivity index (χ1v) is 9.79. The van der Waals surface area contributed by atoms with Crippen LogP contribution in [0.3, 0.4) is 0 Å². The van der Waals surface area contributed by atoms with Gasteiger partial charge in [0.2, 0.25) is 11.9 Å². The standard InChI is InChI=1S/C23H24N4O2/c1-15-4-6-17(7-5-15)21-20(16-8-10-19(28)11-9-16)13-25-23(26-21)27-12-2-3-18(14-27)22(24)29/h4-11,13,18,28H,2-3,12,14H2,1H3,(H2,24,29). The number of aryl methyl sites for hydroxylation is 1. The molecule has 0 radical (unpaired) electrons. The zero-order chi connectivity index (χ0) is 20.4. The molecule has 2 aromatic carbocycles. The number of hydrogen-bond donors (Lipinski definition) is 2. The summed E-state index contributed by atoms with van der Waals surface area (Å²) in [6.45, 7) is 3.39. The van der Waals surface area contributed by atoms with E-state index in [2.05, 4.69) is 17.1 Å². The highest BCUT2D eigenvalue weighted by molar-refractivity contribution is 5.81. The number of carbonyl (C=O) groups excluding carboxylic acids is 1. The largest absolute Gasteiger partial charge is 0.508 e. The summed E-state index contributed by atoms with van der Waals surface area (Å²) in [5.74, 6) is 0.379. The van der Waals surface area contributed by atoms with Crippen molar-refractivity contribution in [3.05, 3.63) is 60.3 Å². The van der Waals surface area contributed by atoms with E-state index in [1.165, 1.54) is 5.56 Å². The molecule has 3 N–H and O–H groups in total. The number of carbonyl (C=O) groups is 1. The minimum Gasteiger partial charge on any atom is -0.508 e. The van der Waals surface area contributed by atoms with Gasteiger partial charge in [0.1, 0.15) is 5.75 Å². The van der Waals surface area contributed by atoms with Gasteiger partial charge in [-0.05, 0) is 37.5 Å². The second-order valence-corrected chi connectivity index (χ2v) is 7.53. The van der Waals surface area contributed by atoms with Gasteiger partial charge in [0.15, 0.2) is 0 Å². The Morgan fingerprint density at radius 2 is 1.79 bits per heavy atom. The molecule has 148 valence electrons. The molecule has 1 aromatic heterocycles. The molecular formula is C23H24N4O2. The number of aromatic nitrogens is 2. The van der Waals surface area contributed by atoms with Crippen LogP contribution in [-0.2, 0) is 4.79 Å². The van der Waals surface area contributed by atoms with Gasteiger partial charge >= 0.3 is 0 Å². The zero-order valence-corrected chi connectivity index (χ0v) is 16.4. The Labute approximate surface area is 170 Å². The molecule has 1 amide bonds. The van der Waals surface area contributed by atoms with Crippen molar-refractivity contribution in [3.63, 3.8) is 0 Å². The van der Waals surface area contributed by atoms with E-state index < -0.39 is 0 Å². The second kappa shape index (κ2) is 7.91. The van der Waals surface area contributed by atoms with E-state index in [1.807, 2.05) is 42.3 Å². The molecule has 0 saturated carbocycles. The average molecular weight is 388 g/mol. The maximum absolute atomic E-state index is 11.7. The predicted octanol–water partition coefficient (Wildman–Crippen LogP) is 3.53. The number of phenols is 1. The van der Waals surface area contributed by atoms with Crippen molar-refractivity contribution in [1.82, 2.24) is 9.97 Å². The molecule has 0 bridgehead atoms. The number of anilines is 1. The van der Waals surface area contributed by atoms with Gasteiger partial charge in [0.05, 0.1) is 11.6 Å². The van der Waals surface area contributed by atoms with Gasteiger partial charge in [-0.2, -0.15) is 0 Å². The second-order valence-electron chi connectivity index (χ2n) is 7.53. The highest BCUT2D eigenvalue weighted by Crippen LogP contribution is 2.33. The van der Waals surface area contributed by atoms with Gasteiger partial charge in [0, 0.05) is 30.4 Å². The van der Waals surface area contributed by atoms with Crippen molar-refractivity contribution in [2.24, 2.45) is 11.7 Å². The first kappa shape index (κ1) is 18.9. The van der Waals surface area contributed by atoms with Crippen LogP contribution in [0.2, 0.25) is 0 Å². The Morgan fingerprint density at radius 1 is 1.10 bits per heavy atom. The summed E-state index contributed by atoms with van der Waals surface area (Å²) >= 11 is 0. The summed E-state index contributed by atoms with van der Waals surface area (Å²) in [4.78, 5) is 23.2. The number of nitrogens with two attached hydrogens (primary N) is 1. The topological polar surface area (TPSA) is 92.3 Å². The van der Waals surface area contributed by atoms with Crippen LogP contribution < -0.4 is 10.6 Å². The molecule has 1 atom stereocenters. The predicted molar refractivity (Wildman–Crippen MR) is 113 cm³/mol. The highest BCUT2D eigenvalue weighted by atomic mass is 16.3. The van der Waals surface area contributed by atoms with Crippen molar-refractivity contribution >= 4 is 11.9 Å². The number of phenolic OH excluding ortho intramolecular Hbond substituents is 1. The van der Waals surface area contributed by atoms with Gasteiger partial charge in [-0.3, -0.25) is 4.79 Å². The number of amides is 1. The van der Waals surface area contributed by atoms with Crippen molar-refractivity contribution in [1.29, 1.82) is 0 Å². The lowest BCUT2D eigenvalue weighted by molar-refractivity contribution is -0.122. The fourth-order valence-electron chi connectivity index (χ4n) is 3.70. The van der Waals surface area contributed by atoms with E-state index in [9.17, 15) is 9.90 Å². The Morgan fingerprint density at radius 3 is 2.48 bits per heavy atom. The minimum atomic E-state index is -0.269. The number of primary amides is 1. The van der Waals surface area contributed by atoms with E-state index in [0.717, 1.165) is 41.8 Å². The third kappa shape index (κ3) is 4.06. The monoisotopic (exact) mass is 388 g/mol. The van der Waals surface area contributed by atoms with Crippen molar-refractivity contribution < 1.29 is 9.90 Å². The Balaban J connectivity index is 1.77. The van der Waals surface area contributed by atoms with E-state index in [4.69, 9.17) is 10.7 Å². The molecule has 0 spiro atoms. The summed E-state index contributed by atoms with van der Waals surface area (Å²) in [5, 5.41) is 9.63. The number of hydrogen-bond acceptors (Lipinski definition) is 5.